The molecule has 0 saturated carbocycles. The largest absolute Gasteiger partial charge is 0.416 e. The predicted molar refractivity (Wildman–Crippen MR) is 159 cm³/mol. The third kappa shape index (κ3) is 6.88. The molecule has 5 rings (SSSR count). The smallest absolute Gasteiger partial charge is 0.396 e. The summed E-state index contributed by atoms with van der Waals surface area (Å²) in [7, 11) is 1.75. The highest BCUT2D eigenvalue weighted by molar-refractivity contribution is 6.05. The van der Waals surface area contributed by atoms with Gasteiger partial charge in [-0.1, -0.05) is 6.07 Å². The topological polar surface area (TPSA) is 120 Å². The zero-order chi connectivity index (χ0) is 30.7. The van der Waals surface area contributed by atoms with Crippen LogP contribution in [0.3, 0.4) is 0 Å². The molecule has 0 atom stereocenters. The van der Waals surface area contributed by atoms with E-state index in [2.05, 4.69) is 31.0 Å². The van der Waals surface area contributed by atoms with Gasteiger partial charge in [0.15, 0.2) is 5.82 Å². The molecule has 1 aliphatic rings. The van der Waals surface area contributed by atoms with Crippen LogP contribution in [-0.4, -0.2) is 57.5 Å². The number of alkyl halides is 3. The summed E-state index contributed by atoms with van der Waals surface area (Å²) >= 11 is 0. The summed E-state index contributed by atoms with van der Waals surface area (Å²) in [5.41, 5.74) is 2.04. The number of carbonyl (C=O) groups excluding carboxylic acids is 1. The molecule has 4 N–H and O–H groups in total. The number of nitrogens with one attached hydrogen (secondary N) is 3. The van der Waals surface area contributed by atoms with Gasteiger partial charge in [0.1, 0.15) is 18.0 Å². The second kappa shape index (κ2) is 12.3. The number of piperidine rings is 1. The molecule has 0 aliphatic carbocycles. The molecule has 4 aromatic rings. The summed E-state index contributed by atoms with van der Waals surface area (Å²) < 4.78 is 43.0. The average Bonchev–Trinajstić information content (AvgIpc) is 3.37. The SMILES string of the molecule is CNc1cc(-n2nc(C)cc2Nc2cc(C(=O)Nc3cc(N4CCC(CO)CC4)cc(C(F)(F)F)c3)ccc2C)ncn1. The van der Waals surface area contributed by atoms with E-state index in [0.717, 1.165) is 23.4 Å². The van der Waals surface area contributed by atoms with Crippen LogP contribution in [-0.2, 0) is 6.18 Å². The minimum Gasteiger partial charge on any atom is -0.396 e. The molecule has 0 unspecified atom stereocenters. The van der Waals surface area contributed by atoms with Crippen LogP contribution >= 0.6 is 0 Å². The second-order valence-electron chi connectivity index (χ2n) is 10.6. The Labute approximate surface area is 247 Å². The molecule has 43 heavy (non-hydrogen) atoms. The van der Waals surface area contributed by atoms with E-state index in [0.29, 0.717) is 54.8 Å². The van der Waals surface area contributed by atoms with Gasteiger partial charge in [-0.25, -0.2) is 9.97 Å². The van der Waals surface area contributed by atoms with Crippen LogP contribution in [0.15, 0.2) is 54.9 Å². The van der Waals surface area contributed by atoms with Crippen molar-refractivity contribution in [1.29, 1.82) is 0 Å². The van der Waals surface area contributed by atoms with Crippen LogP contribution in [0.2, 0.25) is 0 Å². The Morgan fingerprint density at radius 1 is 1.05 bits per heavy atom. The zero-order valence-electron chi connectivity index (χ0n) is 24.0. The van der Waals surface area contributed by atoms with Crippen molar-refractivity contribution in [2.24, 2.45) is 5.92 Å². The number of carbonyl (C=O) groups is 1. The molecule has 1 fully saturated rings. The van der Waals surface area contributed by atoms with E-state index in [1.807, 2.05) is 24.8 Å². The number of aromatic nitrogens is 4. The van der Waals surface area contributed by atoms with Crippen LogP contribution in [0.25, 0.3) is 5.82 Å². The number of amides is 1. The monoisotopic (exact) mass is 594 g/mol. The minimum atomic E-state index is -4.58. The zero-order valence-corrected chi connectivity index (χ0v) is 24.0. The standard InChI is InChI=1S/C30H33F3N8O2/c1-18-4-5-21(11-25(18)38-28-10-19(2)39-41(28)27-15-26(34-3)35-17-36-27)29(43)37-23-12-22(30(31,32)33)13-24(14-23)40-8-6-20(16-42)7-9-40/h4-5,10-15,17,20,38,42H,6-9,16H2,1-3H3,(H,37,43)(H,34,35,36). The van der Waals surface area contributed by atoms with Crippen LogP contribution in [0.5, 0.6) is 0 Å². The molecule has 226 valence electrons. The molecule has 1 saturated heterocycles. The second-order valence-corrected chi connectivity index (χ2v) is 10.6. The summed E-state index contributed by atoms with van der Waals surface area (Å²) in [4.78, 5) is 23.6. The lowest BCUT2D eigenvalue weighted by atomic mass is 9.97. The molecule has 1 amide bonds. The fourth-order valence-corrected chi connectivity index (χ4v) is 5.01. The fourth-order valence-electron chi connectivity index (χ4n) is 5.01. The van der Waals surface area contributed by atoms with Crippen molar-refractivity contribution in [3.8, 4) is 5.82 Å². The van der Waals surface area contributed by atoms with Crippen molar-refractivity contribution in [3.05, 3.63) is 77.2 Å². The van der Waals surface area contributed by atoms with Crippen molar-refractivity contribution in [1.82, 2.24) is 19.7 Å². The van der Waals surface area contributed by atoms with E-state index in [-0.39, 0.29) is 23.8 Å². The molecule has 2 aromatic heterocycles. The van der Waals surface area contributed by atoms with E-state index in [4.69, 9.17) is 0 Å². The van der Waals surface area contributed by atoms with Gasteiger partial charge in [-0.3, -0.25) is 4.79 Å². The van der Waals surface area contributed by atoms with E-state index in [9.17, 15) is 23.1 Å². The Kier molecular flexibility index (Phi) is 8.53. The third-order valence-corrected chi connectivity index (χ3v) is 7.46. The molecular weight excluding hydrogens is 561 g/mol. The Morgan fingerprint density at radius 3 is 2.51 bits per heavy atom. The third-order valence-electron chi connectivity index (χ3n) is 7.46. The quantitative estimate of drug-likeness (QED) is 0.210. The van der Waals surface area contributed by atoms with Gasteiger partial charge in [-0.15, -0.1) is 0 Å². The summed E-state index contributed by atoms with van der Waals surface area (Å²) in [6.07, 6.45) is -1.80. The number of benzene rings is 2. The molecule has 1 aliphatic heterocycles. The lowest BCUT2D eigenvalue weighted by Crippen LogP contribution is -2.35. The number of rotatable bonds is 8. The normalized spacial score (nSPS) is 14.1. The number of hydrogen-bond acceptors (Lipinski definition) is 8. The van der Waals surface area contributed by atoms with E-state index < -0.39 is 17.6 Å². The highest BCUT2D eigenvalue weighted by Crippen LogP contribution is 2.36. The highest BCUT2D eigenvalue weighted by Gasteiger charge is 2.32. The molecule has 13 heteroatoms. The molecule has 2 aromatic carbocycles. The lowest BCUT2D eigenvalue weighted by Gasteiger charge is -2.33. The average molecular weight is 595 g/mol. The molecule has 3 heterocycles. The van der Waals surface area contributed by atoms with Crippen LogP contribution in [0, 0.1) is 19.8 Å². The van der Waals surface area contributed by atoms with Crippen molar-refractivity contribution >= 4 is 34.6 Å². The van der Waals surface area contributed by atoms with Gasteiger partial charge in [0.25, 0.3) is 5.91 Å². The van der Waals surface area contributed by atoms with E-state index >= 15 is 0 Å². The van der Waals surface area contributed by atoms with Gasteiger partial charge < -0.3 is 26.0 Å². The van der Waals surface area contributed by atoms with Gasteiger partial charge in [0, 0.05) is 61.5 Å². The van der Waals surface area contributed by atoms with Crippen LogP contribution < -0.4 is 20.9 Å². The summed E-state index contributed by atoms with van der Waals surface area (Å²) in [5.74, 6) is 1.34. The van der Waals surface area contributed by atoms with Crippen molar-refractivity contribution < 1.29 is 23.1 Å². The Hall–Kier alpha value is -4.65. The van der Waals surface area contributed by atoms with Gasteiger partial charge >= 0.3 is 6.18 Å². The maximum atomic E-state index is 13.8. The summed E-state index contributed by atoms with van der Waals surface area (Å²) in [6, 6.07) is 12.2. The molecular formula is C30H33F3N8O2. The first-order chi connectivity index (χ1) is 20.5. The first-order valence-corrected chi connectivity index (χ1v) is 13.9. The van der Waals surface area contributed by atoms with E-state index in [1.54, 1.807) is 42.1 Å². The van der Waals surface area contributed by atoms with Crippen molar-refractivity contribution in [2.45, 2.75) is 32.9 Å². The number of hydrogen-bond donors (Lipinski definition) is 4. The Morgan fingerprint density at radius 2 is 1.81 bits per heavy atom. The number of aryl methyl sites for hydroxylation is 2. The number of aliphatic hydroxyl groups is 1. The first kappa shape index (κ1) is 29.8. The number of aliphatic hydroxyl groups excluding tert-OH is 1. The predicted octanol–water partition coefficient (Wildman–Crippen LogP) is 5.54. The maximum absolute atomic E-state index is 13.8. The molecule has 10 nitrogen and oxygen atoms in total. The molecule has 0 bridgehead atoms. The highest BCUT2D eigenvalue weighted by atomic mass is 19.4. The Bertz CT molecular complexity index is 1610. The number of halogens is 3. The fraction of sp³-hybridized carbons (Fsp3) is 0.333. The maximum Gasteiger partial charge on any atom is 0.416 e. The summed E-state index contributed by atoms with van der Waals surface area (Å²) in [5, 5.41) is 22.9. The van der Waals surface area contributed by atoms with E-state index in [1.165, 1.54) is 6.33 Å². The van der Waals surface area contributed by atoms with Crippen LogP contribution in [0.4, 0.5) is 41.9 Å². The lowest BCUT2D eigenvalue weighted by molar-refractivity contribution is -0.137. The van der Waals surface area contributed by atoms with Gasteiger partial charge in [0.05, 0.1) is 11.3 Å². The molecule has 0 spiro atoms. The summed E-state index contributed by atoms with van der Waals surface area (Å²) in [6.45, 7) is 4.82. The van der Waals surface area contributed by atoms with Crippen molar-refractivity contribution in [2.75, 3.05) is 47.6 Å². The van der Waals surface area contributed by atoms with Crippen LogP contribution in [0.1, 0.15) is 40.0 Å². The number of anilines is 5. The van der Waals surface area contributed by atoms with Crippen molar-refractivity contribution in [3.63, 3.8) is 0 Å². The Balaban J connectivity index is 1.40. The minimum absolute atomic E-state index is 0.0481. The number of nitrogens with zero attached hydrogens (tertiary/aromatic N) is 5. The molecule has 0 radical (unpaired) electrons. The van der Waals surface area contributed by atoms with Gasteiger partial charge in [-0.2, -0.15) is 23.0 Å². The first-order valence-electron chi connectivity index (χ1n) is 13.9. The van der Waals surface area contributed by atoms with Gasteiger partial charge in [0.2, 0.25) is 0 Å². The van der Waals surface area contributed by atoms with Gasteiger partial charge in [-0.05, 0) is 68.5 Å².